The molecule has 1 aromatic carbocycles. The van der Waals surface area contributed by atoms with E-state index in [-0.39, 0.29) is 11.5 Å². The molecule has 5 nitrogen and oxygen atoms in total. The molecular weight excluding hydrogens is 268 g/mol. The molecule has 1 aliphatic rings. The zero-order chi connectivity index (χ0) is 15.1. The Kier molecular flexibility index (Phi) is 3.27. The molecule has 0 saturated heterocycles. The Hall–Kier alpha value is -2.17. The van der Waals surface area contributed by atoms with Gasteiger partial charge in [-0.3, -0.25) is 0 Å². The van der Waals surface area contributed by atoms with Crippen LogP contribution in [0.2, 0.25) is 0 Å². The molecule has 1 atom stereocenters. The first-order valence-electron chi connectivity index (χ1n) is 7.16. The van der Waals surface area contributed by atoms with Gasteiger partial charge in [0.2, 0.25) is 11.8 Å². The molecule has 0 spiro atoms. The summed E-state index contributed by atoms with van der Waals surface area (Å²) in [6.07, 6.45) is 2.39. The Labute approximate surface area is 123 Å². The number of hydrogen-bond donors (Lipinski definition) is 1. The van der Waals surface area contributed by atoms with Crippen LogP contribution >= 0.6 is 0 Å². The summed E-state index contributed by atoms with van der Waals surface area (Å²) < 4.78 is 5.77. The van der Waals surface area contributed by atoms with Crippen molar-refractivity contribution in [3.05, 3.63) is 34.7 Å². The summed E-state index contributed by atoms with van der Waals surface area (Å²) in [4.78, 5) is 11.5. The Morgan fingerprint density at radius 3 is 2.57 bits per heavy atom. The quantitative estimate of drug-likeness (QED) is 0.929. The molecule has 1 aromatic heterocycles. The van der Waals surface area contributed by atoms with Gasteiger partial charge in [0.05, 0.1) is 11.1 Å². The molecule has 5 heteroatoms. The molecule has 1 saturated carbocycles. The van der Waals surface area contributed by atoms with E-state index in [9.17, 15) is 9.90 Å². The zero-order valence-electron chi connectivity index (χ0n) is 12.4. The Balaban J connectivity index is 2.08. The van der Waals surface area contributed by atoms with Crippen LogP contribution in [0, 0.1) is 19.8 Å². The van der Waals surface area contributed by atoms with Gasteiger partial charge in [-0.1, -0.05) is 19.1 Å². The van der Waals surface area contributed by atoms with Gasteiger partial charge in [-0.2, -0.15) is 0 Å². The van der Waals surface area contributed by atoms with E-state index in [0.29, 0.717) is 28.8 Å². The number of hydrogen-bond acceptors (Lipinski definition) is 4. The molecular formula is C16H18N2O3. The highest BCUT2D eigenvalue weighted by Crippen LogP contribution is 2.42. The van der Waals surface area contributed by atoms with Gasteiger partial charge in [0.1, 0.15) is 0 Å². The largest absolute Gasteiger partial charge is 0.478 e. The van der Waals surface area contributed by atoms with Crippen molar-refractivity contribution in [1.29, 1.82) is 0 Å². The monoisotopic (exact) mass is 286 g/mol. The standard InChI is InChI=1S/C16H18N2O3/c1-8-4-5-9(2)13(16(19)20)12(8)15-18-17-14(21-15)10(3)11-6-7-11/h4-5,10-11H,6-7H2,1-3H3,(H,19,20). The van der Waals surface area contributed by atoms with Gasteiger partial charge in [0.15, 0.2) is 0 Å². The van der Waals surface area contributed by atoms with Gasteiger partial charge in [0, 0.05) is 5.92 Å². The number of carbonyl (C=O) groups is 1. The number of benzene rings is 1. The van der Waals surface area contributed by atoms with Crippen molar-refractivity contribution >= 4 is 5.97 Å². The average Bonchev–Trinajstić information content (AvgIpc) is 3.17. The third kappa shape index (κ3) is 2.44. The van der Waals surface area contributed by atoms with Crippen LogP contribution in [0.25, 0.3) is 11.5 Å². The maximum Gasteiger partial charge on any atom is 0.336 e. The van der Waals surface area contributed by atoms with Crippen molar-refractivity contribution in [1.82, 2.24) is 10.2 Å². The molecule has 1 aliphatic carbocycles. The molecule has 1 unspecified atom stereocenters. The molecule has 3 rings (SSSR count). The van der Waals surface area contributed by atoms with E-state index in [2.05, 4.69) is 17.1 Å². The number of aromatic nitrogens is 2. The number of carboxylic acids is 1. The van der Waals surface area contributed by atoms with Gasteiger partial charge in [-0.25, -0.2) is 4.79 Å². The van der Waals surface area contributed by atoms with Gasteiger partial charge in [0.25, 0.3) is 0 Å². The normalized spacial score (nSPS) is 16.0. The minimum atomic E-state index is -0.971. The van der Waals surface area contributed by atoms with Crippen molar-refractivity contribution in [3.63, 3.8) is 0 Å². The van der Waals surface area contributed by atoms with Crippen LogP contribution in [-0.2, 0) is 0 Å². The van der Waals surface area contributed by atoms with Gasteiger partial charge in [-0.15, -0.1) is 10.2 Å². The average molecular weight is 286 g/mol. The predicted octanol–water partition coefficient (Wildman–Crippen LogP) is 3.57. The highest BCUT2D eigenvalue weighted by Gasteiger charge is 2.33. The molecule has 1 fully saturated rings. The van der Waals surface area contributed by atoms with E-state index in [1.807, 2.05) is 13.0 Å². The molecule has 0 radical (unpaired) electrons. The second-order valence-corrected chi connectivity index (χ2v) is 5.83. The Morgan fingerprint density at radius 1 is 1.29 bits per heavy atom. The topological polar surface area (TPSA) is 76.2 Å². The molecule has 1 N–H and O–H groups in total. The van der Waals surface area contributed by atoms with Crippen molar-refractivity contribution in [2.75, 3.05) is 0 Å². The maximum atomic E-state index is 11.5. The smallest absolute Gasteiger partial charge is 0.336 e. The predicted molar refractivity (Wildman–Crippen MR) is 77.3 cm³/mol. The first-order valence-corrected chi connectivity index (χ1v) is 7.16. The van der Waals surface area contributed by atoms with E-state index in [1.54, 1.807) is 13.0 Å². The molecule has 110 valence electrons. The summed E-state index contributed by atoms with van der Waals surface area (Å²) in [6, 6.07) is 3.68. The highest BCUT2D eigenvalue weighted by molar-refractivity contribution is 5.97. The van der Waals surface area contributed by atoms with Crippen molar-refractivity contribution < 1.29 is 14.3 Å². The first-order chi connectivity index (χ1) is 9.99. The summed E-state index contributed by atoms with van der Waals surface area (Å²) in [5.41, 5.74) is 2.29. The molecule has 0 bridgehead atoms. The fraction of sp³-hybridized carbons (Fsp3) is 0.438. The van der Waals surface area contributed by atoms with Crippen LogP contribution in [-0.4, -0.2) is 21.3 Å². The number of aromatic carboxylic acids is 1. The molecule has 2 aromatic rings. The number of nitrogens with zero attached hydrogens (tertiary/aromatic N) is 2. The van der Waals surface area contributed by atoms with Crippen LogP contribution < -0.4 is 0 Å². The molecule has 0 amide bonds. The lowest BCUT2D eigenvalue weighted by Crippen LogP contribution is -2.04. The van der Waals surface area contributed by atoms with Crippen LogP contribution in [0.15, 0.2) is 16.5 Å². The van der Waals surface area contributed by atoms with Crippen molar-refractivity contribution in [2.24, 2.45) is 5.92 Å². The van der Waals surface area contributed by atoms with Gasteiger partial charge in [-0.05, 0) is 43.7 Å². The summed E-state index contributed by atoms with van der Waals surface area (Å²) in [6.45, 7) is 5.71. The lowest BCUT2D eigenvalue weighted by atomic mass is 9.97. The summed E-state index contributed by atoms with van der Waals surface area (Å²) in [5.74, 6) is 0.794. The zero-order valence-corrected chi connectivity index (χ0v) is 12.4. The van der Waals surface area contributed by atoms with E-state index in [4.69, 9.17) is 4.42 Å². The minimum absolute atomic E-state index is 0.240. The summed E-state index contributed by atoms with van der Waals surface area (Å²) >= 11 is 0. The Morgan fingerprint density at radius 2 is 1.95 bits per heavy atom. The maximum absolute atomic E-state index is 11.5. The van der Waals surface area contributed by atoms with E-state index >= 15 is 0 Å². The fourth-order valence-corrected chi connectivity index (χ4v) is 2.68. The number of aryl methyl sites for hydroxylation is 2. The van der Waals surface area contributed by atoms with E-state index in [0.717, 1.165) is 5.56 Å². The third-order valence-electron chi connectivity index (χ3n) is 4.21. The second kappa shape index (κ2) is 4.98. The molecule has 0 aliphatic heterocycles. The number of carboxylic acid groups (broad SMARTS) is 1. The molecule has 21 heavy (non-hydrogen) atoms. The SMILES string of the molecule is Cc1ccc(C)c(-c2nnc(C(C)C3CC3)o2)c1C(=O)O. The van der Waals surface area contributed by atoms with Crippen LogP contribution in [0.3, 0.4) is 0 Å². The fourth-order valence-electron chi connectivity index (χ4n) is 2.68. The van der Waals surface area contributed by atoms with E-state index in [1.165, 1.54) is 12.8 Å². The minimum Gasteiger partial charge on any atom is -0.478 e. The number of rotatable bonds is 4. The lowest BCUT2D eigenvalue weighted by molar-refractivity contribution is 0.0696. The van der Waals surface area contributed by atoms with Crippen LogP contribution in [0.1, 0.15) is 53.1 Å². The highest BCUT2D eigenvalue weighted by atomic mass is 16.4. The lowest BCUT2D eigenvalue weighted by Gasteiger charge is -2.09. The van der Waals surface area contributed by atoms with Crippen LogP contribution in [0.4, 0.5) is 0 Å². The summed E-state index contributed by atoms with van der Waals surface area (Å²) in [5, 5.41) is 17.7. The first kappa shape index (κ1) is 13.8. The van der Waals surface area contributed by atoms with Crippen molar-refractivity contribution in [2.45, 2.75) is 39.5 Å². The van der Waals surface area contributed by atoms with E-state index < -0.39 is 5.97 Å². The summed E-state index contributed by atoms with van der Waals surface area (Å²) in [7, 11) is 0. The Bertz CT molecular complexity index is 702. The second-order valence-electron chi connectivity index (χ2n) is 5.83. The third-order valence-corrected chi connectivity index (χ3v) is 4.21. The van der Waals surface area contributed by atoms with Gasteiger partial charge < -0.3 is 9.52 Å². The van der Waals surface area contributed by atoms with Crippen LogP contribution in [0.5, 0.6) is 0 Å². The van der Waals surface area contributed by atoms with Gasteiger partial charge >= 0.3 is 5.97 Å². The molecule has 1 heterocycles. The van der Waals surface area contributed by atoms with Crippen molar-refractivity contribution in [3.8, 4) is 11.5 Å².